The Bertz CT molecular complexity index is 1070. The molecule has 1 aliphatic rings. The fourth-order valence-corrected chi connectivity index (χ4v) is 4.07. The van der Waals surface area contributed by atoms with Gasteiger partial charge in [0.2, 0.25) is 0 Å². The van der Waals surface area contributed by atoms with Crippen molar-refractivity contribution in [1.29, 1.82) is 0 Å². The van der Waals surface area contributed by atoms with E-state index in [2.05, 4.69) is 0 Å². The van der Waals surface area contributed by atoms with Gasteiger partial charge in [0.05, 0.1) is 18.7 Å². The van der Waals surface area contributed by atoms with Crippen LogP contribution in [-0.2, 0) is 24.4 Å². The molecule has 1 amide bonds. The second kappa shape index (κ2) is 10.6. The summed E-state index contributed by atoms with van der Waals surface area (Å²) >= 11 is 0. The molecule has 33 heavy (non-hydrogen) atoms. The predicted octanol–water partition coefficient (Wildman–Crippen LogP) is 4.35. The van der Waals surface area contributed by atoms with Crippen molar-refractivity contribution in [1.82, 2.24) is 9.80 Å². The standard InChI is InChI=1S/C26H26F2N2O3/c27-22-12-11-21(13-23(22)28)15-29(14-19-7-3-1-4-8-19)24-16-30(17-25(24)31)26(32)33-18-20-9-5-2-6-10-20/h1-13,24-25,31H,14-18H2/t24-,25-/m1/s1. The summed E-state index contributed by atoms with van der Waals surface area (Å²) in [6.45, 7) is 1.33. The minimum Gasteiger partial charge on any atom is -0.445 e. The molecule has 3 aromatic carbocycles. The van der Waals surface area contributed by atoms with Crippen LogP contribution in [0.1, 0.15) is 16.7 Å². The molecule has 2 atom stereocenters. The van der Waals surface area contributed by atoms with Gasteiger partial charge in [0.25, 0.3) is 0 Å². The van der Waals surface area contributed by atoms with Crippen molar-refractivity contribution in [3.05, 3.63) is 107 Å². The Labute approximate surface area is 191 Å². The Morgan fingerprint density at radius 1 is 0.879 bits per heavy atom. The van der Waals surface area contributed by atoms with Crippen LogP contribution >= 0.6 is 0 Å². The highest BCUT2D eigenvalue weighted by atomic mass is 19.2. The van der Waals surface area contributed by atoms with E-state index in [1.807, 2.05) is 65.6 Å². The van der Waals surface area contributed by atoms with Gasteiger partial charge in [0.1, 0.15) is 6.61 Å². The molecule has 4 rings (SSSR count). The van der Waals surface area contributed by atoms with E-state index in [4.69, 9.17) is 4.74 Å². The molecule has 0 bridgehead atoms. The second-order valence-corrected chi connectivity index (χ2v) is 8.22. The average Bonchev–Trinajstić information content (AvgIpc) is 3.22. The largest absolute Gasteiger partial charge is 0.445 e. The molecule has 0 spiro atoms. The van der Waals surface area contributed by atoms with Crippen LogP contribution < -0.4 is 0 Å². The summed E-state index contributed by atoms with van der Waals surface area (Å²) in [6.07, 6.45) is -1.30. The number of ether oxygens (including phenoxy) is 1. The molecule has 1 aliphatic heterocycles. The molecule has 1 heterocycles. The first-order chi connectivity index (χ1) is 16.0. The maximum absolute atomic E-state index is 13.8. The van der Waals surface area contributed by atoms with Crippen LogP contribution in [-0.4, -0.2) is 46.2 Å². The molecule has 1 fully saturated rings. The molecule has 0 aromatic heterocycles. The maximum atomic E-state index is 13.8. The Kier molecular flexibility index (Phi) is 7.32. The number of likely N-dealkylation sites (tertiary alicyclic amines) is 1. The van der Waals surface area contributed by atoms with Gasteiger partial charge in [-0.25, -0.2) is 13.6 Å². The van der Waals surface area contributed by atoms with Crippen molar-refractivity contribution >= 4 is 6.09 Å². The number of aliphatic hydroxyl groups is 1. The highest BCUT2D eigenvalue weighted by Crippen LogP contribution is 2.23. The summed E-state index contributed by atoms with van der Waals surface area (Å²) in [6, 6.07) is 22.5. The molecule has 5 nitrogen and oxygen atoms in total. The number of rotatable bonds is 7. The maximum Gasteiger partial charge on any atom is 0.410 e. The van der Waals surface area contributed by atoms with Crippen molar-refractivity contribution in [3.8, 4) is 0 Å². The van der Waals surface area contributed by atoms with Gasteiger partial charge in [-0.1, -0.05) is 66.7 Å². The van der Waals surface area contributed by atoms with Crippen LogP contribution in [0.25, 0.3) is 0 Å². The zero-order valence-corrected chi connectivity index (χ0v) is 18.1. The third-order valence-electron chi connectivity index (χ3n) is 5.79. The first-order valence-corrected chi connectivity index (χ1v) is 10.8. The lowest BCUT2D eigenvalue weighted by Crippen LogP contribution is -2.42. The topological polar surface area (TPSA) is 53.0 Å². The summed E-state index contributed by atoms with van der Waals surface area (Å²) in [4.78, 5) is 16.1. The summed E-state index contributed by atoms with van der Waals surface area (Å²) in [7, 11) is 0. The zero-order chi connectivity index (χ0) is 23.2. The average molecular weight is 453 g/mol. The van der Waals surface area contributed by atoms with Crippen LogP contribution in [0.15, 0.2) is 78.9 Å². The summed E-state index contributed by atoms with van der Waals surface area (Å²) in [5.74, 6) is -1.81. The van der Waals surface area contributed by atoms with E-state index in [1.54, 1.807) is 0 Å². The molecule has 7 heteroatoms. The van der Waals surface area contributed by atoms with Gasteiger partial charge in [-0.3, -0.25) is 4.90 Å². The number of hydrogen-bond acceptors (Lipinski definition) is 4. The molecule has 172 valence electrons. The number of halogens is 2. The third kappa shape index (κ3) is 5.94. The summed E-state index contributed by atoms with van der Waals surface area (Å²) in [5.41, 5.74) is 2.48. The molecule has 0 unspecified atom stereocenters. The Morgan fingerprint density at radius 3 is 2.18 bits per heavy atom. The Balaban J connectivity index is 1.46. The monoisotopic (exact) mass is 452 g/mol. The smallest absolute Gasteiger partial charge is 0.410 e. The van der Waals surface area contributed by atoms with Crippen molar-refractivity contribution in [2.24, 2.45) is 0 Å². The van der Waals surface area contributed by atoms with Gasteiger partial charge in [0.15, 0.2) is 11.6 Å². The fourth-order valence-electron chi connectivity index (χ4n) is 4.07. The molecule has 1 N–H and O–H groups in total. The lowest BCUT2D eigenvalue weighted by Gasteiger charge is -2.30. The number of aliphatic hydroxyl groups excluding tert-OH is 1. The summed E-state index contributed by atoms with van der Waals surface area (Å²) < 4.78 is 32.6. The van der Waals surface area contributed by atoms with Gasteiger partial charge in [0, 0.05) is 19.6 Å². The molecule has 3 aromatic rings. The summed E-state index contributed by atoms with van der Waals surface area (Å²) in [5, 5.41) is 10.8. The van der Waals surface area contributed by atoms with E-state index >= 15 is 0 Å². The number of carbonyl (C=O) groups is 1. The van der Waals surface area contributed by atoms with E-state index in [-0.39, 0.29) is 25.7 Å². The zero-order valence-electron chi connectivity index (χ0n) is 18.1. The van der Waals surface area contributed by atoms with Crippen molar-refractivity contribution in [2.45, 2.75) is 31.8 Å². The molecule has 1 saturated heterocycles. The van der Waals surface area contributed by atoms with Gasteiger partial charge >= 0.3 is 6.09 Å². The molecule has 0 aliphatic carbocycles. The first-order valence-electron chi connectivity index (χ1n) is 10.8. The quantitative estimate of drug-likeness (QED) is 0.579. The van der Waals surface area contributed by atoms with Crippen LogP contribution in [0.3, 0.4) is 0 Å². The van der Waals surface area contributed by atoms with Crippen LogP contribution in [0, 0.1) is 11.6 Å². The van der Waals surface area contributed by atoms with Crippen molar-refractivity contribution < 1.29 is 23.4 Å². The highest BCUT2D eigenvalue weighted by Gasteiger charge is 2.38. The van der Waals surface area contributed by atoms with E-state index in [0.29, 0.717) is 18.7 Å². The Hall–Kier alpha value is -3.29. The number of carbonyl (C=O) groups excluding carboxylic acids is 1. The van der Waals surface area contributed by atoms with Crippen molar-refractivity contribution in [2.75, 3.05) is 13.1 Å². The lowest BCUT2D eigenvalue weighted by molar-refractivity contribution is 0.0727. The van der Waals surface area contributed by atoms with Crippen LogP contribution in [0.2, 0.25) is 0 Å². The van der Waals surface area contributed by atoms with E-state index in [0.717, 1.165) is 17.2 Å². The first kappa shape index (κ1) is 22.9. The highest BCUT2D eigenvalue weighted by molar-refractivity contribution is 5.68. The minimum absolute atomic E-state index is 0.140. The normalized spacial score (nSPS) is 18.0. The molecule has 0 saturated carbocycles. The number of amides is 1. The van der Waals surface area contributed by atoms with E-state index < -0.39 is 23.8 Å². The van der Waals surface area contributed by atoms with Crippen LogP contribution in [0.4, 0.5) is 13.6 Å². The third-order valence-corrected chi connectivity index (χ3v) is 5.79. The minimum atomic E-state index is -0.912. The van der Waals surface area contributed by atoms with Gasteiger partial charge in [-0.2, -0.15) is 0 Å². The fraction of sp³-hybridized carbons (Fsp3) is 0.269. The van der Waals surface area contributed by atoms with Crippen LogP contribution in [0.5, 0.6) is 0 Å². The number of benzene rings is 3. The van der Waals surface area contributed by atoms with E-state index in [9.17, 15) is 18.7 Å². The van der Waals surface area contributed by atoms with E-state index in [1.165, 1.54) is 17.0 Å². The van der Waals surface area contributed by atoms with Gasteiger partial charge < -0.3 is 14.7 Å². The SMILES string of the molecule is O=C(OCc1ccccc1)N1C[C@@H](O)[C@H](N(Cc2ccccc2)Cc2ccc(F)c(F)c2)C1. The van der Waals surface area contributed by atoms with Gasteiger partial charge in [-0.05, 0) is 28.8 Å². The number of hydrogen-bond donors (Lipinski definition) is 1. The van der Waals surface area contributed by atoms with Crippen molar-refractivity contribution in [3.63, 3.8) is 0 Å². The molecule has 0 radical (unpaired) electrons. The number of β-amino-alcohol motifs (C(OH)–C–C–N with tert-alkyl or cyclic N) is 1. The molecular formula is C26H26F2N2O3. The number of nitrogens with zero attached hydrogens (tertiary/aromatic N) is 2. The predicted molar refractivity (Wildman–Crippen MR) is 120 cm³/mol. The van der Waals surface area contributed by atoms with Gasteiger partial charge in [-0.15, -0.1) is 0 Å². The molecular weight excluding hydrogens is 426 g/mol. The Morgan fingerprint density at radius 2 is 1.52 bits per heavy atom. The second-order valence-electron chi connectivity index (χ2n) is 8.22. The lowest BCUT2D eigenvalue weighted by atomic mass is 10.1.